The van der Waals surface area contributed by atoms with Gasteiger partial charge >= 0.3 is 0 Å². The number of nitrogens with zero attached hydrogens (tertiary/aromatic N) is 7. The lowest BCUT2D eigenvalue weighted by Gasteiger charge is -2.27. The molecular weight excluding hydrogens is 528 g/mol. The van der Waals surface area contributed by atoms with Crippen LogP contribution in [0.1, 0.15) is 47.3 Å². The first-order valence-corrected chi connectivity index (χ1v) is 15.0. The average molecular weight is 565 g/mol. The number of rotatable bonds is 7. The molecule has 5 heterocycles. The second-order valence-electron chi connectivity index (χ2n) is 12.4. The first-order chi connectivity index (χ1) is 20.4. The van der Waals surface area contributed by atoms with E-state index in [0.29, 0.717) is 29.7 Å². The Morgan fingerprint density at radius 2 is 2.00 bits per heavy atom. The maximum atomic E-state index is 13.9. The minimum atomic E-state index is 0.00380. The molecule has 1 amide bonds. The summed E-state index contributed by atoms with van der Waals surface area (Å²) in [4.78, 5) is 25.8. The highest BCUT2D eigenvalue weighted by molar-refractivity contribution is 6.00. The number of likely N-dealkylation sites (tertiary alicyclic amines) is 1. The summed E-state index contributed by atoms with van der Waals surface area (Å²) in [6.07, 6.45) is 8.46. The van der Waals surface area contributed by atoms with Crippen LogP contribution in [0.4, 0.5) is 0 Å². The molecule has 3 atom stereocenters. The average Bonchev–Trinajstić information content (AvgIpc) is 3.19. The number of hydrogen-bond acceptors (Lipinski definition) is 6. The van der Waals surface area contributed by atoms with E-state index in [4.69, 9.17) is 20.4 Å². The lowest BCUT2D eigenvalue weighted by molar-refractivity contribution is 0.0700. The zero-order chi connectivity index (χ0) is 28.7. The van der Waals surface area contributed by atoms with E-state index in [1.165, 1.54) is 12.8 Å². The van der Waals surface area contributed by atoms with Gasteiger partial charge in [0.05, 0.1) is 30.6 Å². The van der Waals surface area contributed by atoms with Gasteiger partial charge in [-0.1, -0.05) is 0 Å². The van der Waals surface area contributed by atoms with E-state index in [1.54, 1.807) is 7.11 Å². The number of carbonyl (C=O) groups is 1. The molecule has 3 fully saturated rings. The molecule has 0 spiro atoms. The Morgan fingerprint density at radius 3 is 2.69 bits per heavy atom. The van der Waals surface area contributed by atoms with Crippen molar-refractivity contribution in [3.63, 3.8) is 0 Å². The largest absolute Gasteiger partial charge is 0.494 e. The van der Waals surface area contributed by atoms with Crippen LogP contribution in [0.2, 0.25) is 0 Å². The lowest BCUT2D eigenvalue weighted by Crippen LogP contribution is -2.41. The first kappa shape index (κ1) is 25.5. The van der Waals surface area contributed by atoms with Gasteiger partial charge in [0.1, 0.15) is 16.9 Å². The summed E-state index contributed by atoms with van der Waals surface area (Å²) in [5.74, 6) is 2.51. The Kier molecular flexibility index (Phi) is 5.72. The van der Waals surface area contributed by atoms with Crippen LogP contribution in [0.5, 0.6) is 5.75 Å². The Labute approximate surface area is 244 Å². The number of imidazole rings is 1. The Hall–Kier alpha value is -4.18. The smallest absolute Gasteiger partial charge is 0.254 e. The number of piperidine rings is 1. The van der Waals surface area contributed by atoms with Crippen LogP contribution in [0.15, 0.2) is 42.7 Å². The summed E-state index contributed by atoms with van der Waals surface area (Å²) in [5, 5.41) is 5.69. The predicted molar refractivity (Wildman–Crippen MR) is 160 cm³/mol. The number of amides is 1. The molecule has 10 heteroatoms. The molecule has 10 nitrogen and oxygen atoms in total. The van der Waals surface area contributed by atoms with Gasteiger partial charge in [0, 0.05) is 61.1 Å². The van der Waals surface area contributed by atoms with E-state index in [2.05, 4.69) is 32.6 Å². The van der Waals surface area contributed by atoms with Crippen molar-refractivity contribution in [2.45, 2.75) is 57.8 Å². The number of aromatic nitrogens is 6. The van der Waals surface area contributed by atoms with Gasteiger partial charge in [0.2, 0.25) is 0 Å². The van der Waals surface area contributed by atoms with Crippen molar-refractivity contribution in [1.82, 2.24) is 33.8 Å². The summed E-state index contributed by atoms with van der Waals surface area (Å²) in [7, 11) is 3.61. The molecule has 3 aliphatic rings. The molecule has 4 aromatic heterocycles. The van der Waals surface area contributed by atoms with E-state index in [1.807, 2.05) is 47.9 Å². The van der Waals surface area contributed by atoms with Gasteiger partial charge in [-0.25, -0.2) is 9.97 Å². The summed E-state index contributed by atoms with van der Waals surface area (Å²) < 4.78 is 12.4. The fraction of sp³-hybridized carbons (Fsp3) is 0.438. The van der Waals surface area contributed by atoms with Crippen LogP contribution in [0.3, 0.4) is 0 Å². The molecule has 2 N–H and O–H groups in total. The second-order valence-corrected chi connectivity index (χ2v) is 12.4. The molecule has 216 valence electrons. The minimum absolute atomic E-state index is 0.00380. The molecule has 1 aliphatic heterocycles. The van der Waals surface area contributed by atoms with E-state index in [9.17, 15) is 4.79 Å². The van der Waals surface area contributed by atoms with E-state index in [0.717, 1.165) is 70.8 Å². The number of hydrogen-bond donors (Lipinski definition) is 1. The van der Waals surface area contributed by atoms with Crippen LogP contribution in [-0.2, 0) is 20.1 Å². The number of methoxy groups -OCH3 is 1. The van der Waals surface area contributed by atoms with Crippen LogP contribution >= 0.6 is 0 Å². The van der Waals surface area contributed by atoms with Crippen LogP contribution in [0, 0.1) is 18.8 Å². The summed E-state index contributed by atoms with van der Waals surface area (Å²) in [5.41, 5.74) is 12.7. The standard InChI is InChI=1S/C32H36N8O2/c1-18-23(15-37(2)36-18)17-40-29-24(11-22(13-27(29)42-3)32(41)39-16-21-8-9-25(39)28(21)33)35-31(40)26-12-20-5-4-10-34-30(20)38(26)14-19-6-7-19/h4-5,10-13,15,19,21,25,28H,6-9,14,16-17,33H2,1-3H3. The van der Waals surface area contributed by atoms with Gasteiger partial charge in [0.15, 0.2) is 5.82 Å². The third-order valence-corrected chi connectivity index (χ3v) is 9.65. The van der Waals surface area contributed by atoms with Crippen LogP contribution in [-0.4, -0.2) is 65.4 Å². The molecule has 1 saturated heterocycles. The fourth-order valence-electron chi connectivity index (χ4n) is 7.30. The third-order valence-electron chi connectivity index (χ3n) is 9.65. The number of benzene rings is 1. The van der Waals surface area contributed by atoms with E-state index < -0.39 is 0 Å². The molecular formula is C32H36N8O2. The highest BCUT2D eigenvalue weighted by atomic mass is 16.5. The molecule has 2 bridgehead atoms. The van der Waals surface area contributed by atoms with Gasteiger partial charge < -0.3 is 24.5 Å². The molecule has 0 radical (unpaired) electrons. The molecule has 42 heavy (non-hydrogen) atoms. The van der Waals surface area contributed by atoms with Crippen molar-refractivity contribution >= 4 is 28.0 Å². The maximum Gasteiger partial charge on any atom is 0.254 e. The Balaban J connectivity index is 1.32. The highest BCUT2D eigenvalue weighted by Gasteiger charge is 2.47. The van der Waals surface area contributed by atoms with E-state index in [-0.39, 0.29) is 18.0 Å². The third kappa shape index (κ3) is 3.95. The molecule has 8 rings (SSSR count). The number of carbonyl (C=O) groups excluding carboxylic acids is 1. The molecule has 3 unspecified atom stereocenters. The number of aryl methyl sites for hydroxylation is 2. The van der Waals surface area contributed by atoms with E-state index >= 15 is 0 Å². The summed E-state index contributed by atoms with van der Waals surface area (Å²) in [6.45, 7) is 4.23. The van der Waals surface area contributed by atoms with Gasteiger partial charge in [-0.15, -0.1) is 0 Å². The van der Waals surface area contributed by atoms with Crippen molar-refractivity contribution in [1.29, 1.82) is 0 Å². The SMILES string of the molecule is COc1cc(C(=O)N2CC3CCC2C3N)cc2nc(-c3cc4cccnc4n3CC3CC3)n(Cc3cn(C)nc3C)c12. The van der Waals surface area contributed by atoms with Gasteiger partial charge in [0.25, 0.3) is 5.91 Å². The summed E-state index contributed by atoms with van der Waals surface area (Å²) in [6, 6.07) is 10.3. The van der Waals surface area contributed by atoms with Crippen LogP contribution < -0.4 is 10.5 Å². The summed E-state index contributed by atoms with van der Waals surface area (Å²) >= 11 is 0. The monoisotopic (exact) mass is 564 g/mol. The number of nitrogens with two attached hydrogens (primary N) is 1. The van der Waals surface area contributed by atoms with Gasteiger partial charge in [-0.2, -0.15) is 5.10 Å². The maximum absolute atomic E-state index is 13.9. The topological polar surface area (TPSA) is 109 Å². The quantitative estimate of drug-likeness (QED) is 0.319. The zero-order valence-electron chi connectivity index (χ0n) is 24.3. The van der Waals surface area contributed by atoms with Gasteiger partial charge in [-0.3, -0.25) is 9.48 Å². The first-order valence-electron chi connectivity index (χ1n) is 15.0. The number of fused-ring (bicyclic) bond motifs is 4. The molecule has 1 aromatic carbocycles. The molecule has 2 aliphatic carbocycles. The lowest BCUT2D eigenvalue weighted by atomic mass is 10.1. The van der Waals surface area contributed by atoms with Crippen LogP contribution in [0.25, 0.3) is 33.6 Å². The normalized spacial score (nSPS) is 21.7. The zero-order valence-corrected chi connectivity index (χ0v) is 24.3. The highest BCUT2D eigenvalue weighted by Crippen LogP contribution is 2.40. The second kappa shape index (κ2) is 9.42. The Morgan fingerprint density at radius 1 is 1.14 bits per heavy atom. The number of pyridine rings is 1. The van der Waals surface area contributed by atoms with Gasteiger partial charge in [-0.05, 0) is 74.8 Å². The Bertz CT molecular complexity index is 1860. The number of ether oxygens (including phenoxy) is 1. The van der Waals surface area contributed by atoms with Crippen molar-refractivity contribution in [2.75, 3.05) is 13.7 Å². The molecule has 5 aromatic rings. The van der Waals surface area contributed by atoms with Crippen molar-refractivity contribution in [2.24, 2.45) is 24.6 Å². The van der Waals surface area contributed by atoms with Crippen molar-refractivity contribution in [3.05, 3.63) is 59.5 Å². The predicted octanol–water partition coefficient (Wildman–Crippen LogP) is 4.12. The fourth-order valence-corrected chi connectivity index (χ4v) is 7.30. The minimum Gasteiger partial charge on any atom is -0.494 e. The van der Waals surface area contributed by atoms with Crippen molar-refractivity contribution < 1.29 is 9.53 Å². The van der Waals surface area contributed by atoms with Crippen molar-refractivity contribution in [3.8, 4) is 17.3 Å². The molecule has 2 saturated carbocycles.